The summed E-state index contributed by atoms with van der Waals surface area (Å²) in [5.74, 6) is 0. The van der Waals surface area contributed by atoms with E-state index in [9.17, 15) is 0 Å². The molecule has 1 unspecified atom stereocenters. The predicted octanol–water partition coefficient (Wildman–Crippen LogP) is 0.113. The zero-order valence-corrected chi connectivity index (χ0v) is 13.7. The van der Waals surface area contributed by atoms with Crippen LogP contribution in [0.2, 0.25) is 0 Å². The van der Waals surface area contributed by atoms with Gasteiger partial charge in [0.15, 0.2) is 0 Å². The third kappa shape index (κ3) is 3.37. The molecule has 21 heavy (non-hydrogen) atoms. The lowest BCUT2D eigenvalue weighted by Gasteiger charge is -2.43. The van der Waals surface area contributed by atoms with Crippen molar-refractivity contribution in [1.29, 1.82) is 0 Å². The molecule has 2 heterocycles. The number of rotatable bonds is 5. The van der Waals surface area contributed by atoms with Crippen molar-refractivity contribution in [3.8, 4) is 0 Å². The van der Waals surface area contributed by atoms with Crippen LogP contribution in [0.25, 0.3) is 0 Å². The summed E-state index contributed by atoms with van der Waals surface area (Å²) in [5.41, 5.74) is 0.443. The first kappa shape index (κ1) is 16.2. The molecule has 0 bridgehead atoms. The molecule has 1 atom stereocenters. The van der Waals surface area contributed by atoms with Crippen LogP contribution in [0.15, 0.2) is 18.6 Å². The van der Waals surface area contributed by atoms with E-state index in [0.29, 0.717) is 0 Å². The largest absolute Gasteiger partial charge is 0.381 e. The smallest absolute Gasteiger partial charge is 0.127 e. The molecule has 0 aliphatic carbocycles. The van der Waals surface area contributed by atoms with Crippen LogP contribution in [0.4, 0.5) is 0 Å². The van der Waals surface area contributed by atoms with Gasteiger partial charge in [-0.05, 0) is 20.2 Å². The fourth-order valence-electron chi connectivity index (χ4n) is 2.67. The van der Waals surface area contributed by atoms with Gasteiger partial charge in [0.2, 0.25) is 0 Å². The van der Waals surface area contributed by atoms with Crippen molar-refractivity contribution in [3.63, 3.8) is 0 Å². The SMILES string of the molecule is CNC(=S)C(CN1CCOCC1)(c1ccncn1)N(C)C. The molecule has 0 spiro atoms. The Bertz CT molecular complexity index is 464. The molecule has 7 heteroatoms. The quantitative estimate of drug-likeness (QED) is 0.775. The topological polar surface area (TPSA) is 53.5 Å². The number of nitrogens with zero attached hydrogens (tertiary/aromatic N) is 4. The highest BCUT2D eigenvalue weighted by Gasteiger charge is 2.42. The van der Waals surface area contributed by atoms with Gasteiger partial charge in [0.05, 0.1) is 18.9 Å². The lowest BCUT2D eigenvalue weighted by atomic mass is 9.91. The summed E-state index contributed by atoms with van der Waals surface area (Å²) in [6.45, 7) is 4.12. The minimum absolute atomic E-state index is 0.468. The van der Waals surface area contributed by atoms with Gasteiger partial charge in [0.1, 0.15) is 16.9 Å². The number of hydrogen-bond donors (Lipinski definition) is 1. The summed E-state index contributed by atoms with van der Waals surface area (Å²) in [6, 6.07) is 1.93. The molecule has 1 N–H and O–H groups in total. The predicted molar refractivity (Wildman–Crippen MR) is 86.3 cm³/mol. The number of nitrogens with one attached hydrogen (secondary N) is 1. The van der Waals surface area contributed by atoms with Crippen LogP contribution in [0, 0.1) is 0 Å². The molecular formula is C14H23N5OS. The van der Waals surface area contributed by atoms with Crippen LogP contribution in [-0.4, -0.2) is 78.7 Å². The highest BCUT2D eigenvalue weighted by molar-refractivity contribution is 7.80. The summed E-state index contributed by atoms with van der Waals surface area (Å²) in [4.78, 5) is 13.8. The second kappa shape index (κ2) is 7.22. The first-order valence-corrected chi connectivity index (χ1v) is 7.48. The highest BCUT2D eigenvalue weighted by atomic mass is 32.1. The van der Waals surface area contributed by atoms with Crippen LogP contribution in [0.3, 0.4) is 0 Å². The minimum Gasteiger partial charge on any atom is -0.381 e. The molecule has 1 aromatic heterocycles. The van der Waals surface area contributed by atoms with E-state index in [1.807, 2.05) is 27.2 Å². The first-order chi connectivity index (χ1) is 10.1. The Labute approximate surface area is 131 Å². The van der Waals surface area contributed by atoms with Crippen LogP contribution in [0.5, 0.6) is 0 Å². The molecule has 1 aliphatic rings. The number of thiocarbonyl (C=S) groups is 1. The van der Waals surface area contributed by atoms with Gasteiger partial charge >= 0.3 is 0 Å². The maximum absolute atomic E-state index is 5.64. The van der Waals surface area contributed by atoms with Gasteiger partial charge in [-0.25, -0.2) is 9.97 Å². The summed E-state index contributed by atoms with van der Waals surface area (Å²) < 4.78 is 5.44. The summed E-state index contributed by atoms with van der Waals surface area (Å²) in [6.07, 6.45) is 3.34. The molecule has 0 amide bonds. The summed E-state index contributed by atoms with van der Waals surface area (Å²) in [7, 11) is 5.93. The molecule has 116 valence electrons. The van der Waals surface area contributed by atoms with Gasteiger partial charge in [-0.2, -0.15) is 0 Å². The monoisotopic (exact) mass is 309 g/mol. The molecule has 0 radical (unpaired) electrons. The van der Waals surface area contributed by atoms with Crippen LogP contribution in [-0.2, 0) is 10.3 Å². The third-order valence-electron chi connectivity index (χ3n) is 3.93. The molecule has 1 aromatic rings. The van der Waals surface area contributed by atoms with Gasteiger partial charge in [-0.15, -0.1) is 0 Å². The van der Waals surface area contributed by atoms with Gasteiger partial charge in [-0.3, -0.25) is 9.80 Å². The van der Waals surface area contributed by atoms with Crippen molar-refractivity contribution in [2.45, 2.75) is 5.54 Å². The van der Waals surface area contributed by atoms with E-state index in [4.69, 9.17) is 17.0 Å². The molecule has 0 saturated carbocycles. The maximum atomic E-state index is 5.64. The van der Waals surface area contributed by atoms with E-state index in [2.05, 4.69) is 25.1 Å². The average Bonchev–Trinajstić information content (AvgIpc) is 2.53. The standard InChI is InChI=1S/C14H23N5OS/c1-15-13(21)14(18(2)3,12-4-5-16-11-17-12)10-19-6-8-20-9-7-19/h4-5,11H,6-10H2,1-3H3,(H,15,21). The number of likely N-dealkylation sites (N-methyl/N-ethyl adjacent to an activating group) is 2. The van der Waals surface area contributed by atoms with Crippen molar-refractivity contribution >= 4 is 17.2 Å². The van der Waals surface area contributed by atoms with Crippen molar-refractivity contribution in [2.75, 3.05) is 54.0 Å². The molecular weight excluding hydrogens is 286 g/mol. The summed E-state index contributed by atoms with van der Waals surface area (Å²) in [5, 5.41) is 3.15. The number of ether oxygens (including phenoxy) is 1. The second-order valence-electron chi connectivity index (χ2n) is 5.32. The Morgan fingerprint density at radius 1 is 1.48 bits per heavy atom. The van der Waals surface area contributed by atoms with Crippen LogP contribution >= 0.6 is 12.2 Å². The Morgan fingerprint density at radius 3 is 2.71 bits per heavy atom. The Hall–Kier alpha value is -1.15. The minimum atomic E-state index is -0.468. The van der Waals surface area contributed by atoms with Crippen molar-refractivity contribution < 1.29 is 4.74 Å². The molecule has 1 saturated heterocycles. The van der Waals surface area contributed by atoms with E-state index in [-0.39, 0.29) is 0 Å². The highest BCUT2D eigenvalue weighted by Crippen LogP contribution is 2.27. The Kier molecular flexibility index (Phi) is 5.58. The van der Waals surface area contributed by atoms with Crippen molar-refractivity contribution in [1.82, 2.24) is 25.1 Å². The molecule has 1 aliphatic heterocycles. The van der Waals surface area contributed by atoms with Crippen molar-refractivity contribution in [2.24, 2.45) is 0 Å². The third-order valence-corrected chi connectivity index (χ3v) is 4.47. The van der Waals surface area contributed by atoms with E-state index in [0.717, 1.165) is 43.5 Å². The second-order valence-corrected chi connectivity index (χ2v) is 5.73. The van der Waals surface area contributed by atoms with Gasteiger partial charge in [-0.1, -0.05) is 12.2 Å². The fraction of sp³-hybridized carbons (Fsp3) is 0.643. The van der Waals surface area contributed by atoms with Gasteiger partial charge in [0, 0.05) is 32.9 Å². The Morgan fingerprint density at radius 2 is 2.19 bits per heavy atom. The first-order valence-electron chi connectivity index (χ1n) is 7.07. The van der Waals surface area contributed by atoms with E-state index in [1.165, 1.54) is 0 Å². The van der Waals surface area contributed by atoms with Crippen LogP contribution < -0.4 is 5.32 Å². The number of morpholine rings is 1. The molecule has 2 rings (SSSR count). The lowest BCUT2D eigenvalue weighted by molar-refractivity contribution is 0.0180. The summed E-state index contributed by atoms with van der Waals surface area (Å²) >= 11 is 5.64. The van der Waals surface area contributed by atoms with E-state index < -0.39 is 5.54 Å². The maximum Gasteiger partial charge on any atom is 0.127 e. The lowest BCUT2D eigenvalue weighted by Crippen LogP contribution is -2.59. The van der Waals surface area contributed by atoms with Crippen molar-refractivity contribution in [3.05, 3.63) is 24.3 Å². The fourth-order valence-corrected chi connectivity index (χ4v) is 3.02. The average molecular weight is 309 g/mol. The van der Waals surface area contributed by atoms with Gasteiger partial charge in [0.25, 0.3) is 0 Å². The van der Waals surface area contributed by atoms with E-state index >= 15 is 0 Å². The Balaban J connectivity index is 2.38. The molecule has 6 nitrogen and oxygen atoms in total. The molecule has 1 fully saturated rings. The number of hydrogen-bond acceptors (Lipinski definition) is 6. The van der Waals surface area contributed by atoms with Crippen LogP contribution in [0.1, 0.15) is 5.69 Å². The zero-order valence-electron chi connectivity index (χ0n) is 12.9. The van der Waals surface area contributed by atoms with Gasteiger partial charge < -0.3 is 10.1 Å². The van der Waals surface area contributed by atoms with E-state index in [1.54, 1.807) is 12.5 Å². The zero-order chi connectivity index (χ0) is 15.3. The normalized spacial score (nSPS) is 19.2. The number of aromatic nitrogens is 2. The molecule has 0 aromatic carbocycles.